The fourth-order valence-corrected chi connectivity index (χ4v) is 7.18. The highest BCUT2D eigenvalue weighted by Crippen LogP contribution is 2.52. The van der Waals surface area contributed by atoms with Gasteiger partial charge < -0.3 is 18.6 Å². The Bertz CT molecular complexity index is 1940. The van der Waals surface area contributed by atoms with Gasteiger partial charge in [-0.1, -0.05) is 72.1 Å². The molecule has 0 aliphatic carbocycles. The molecule has 1 atom stereocenters. The molecule has 0 amide bonds. The van der Waals surface area contributed by atoms with E-state index in [0.717, 1.165) is 67.2 Å². The highest BCUT2D eigenvalue weighted by Gasteiger charge is 2.37. The van der Waals surface area contributed by atoms with Crippen molar-refractivity contribution in [2.75, 3.05) is 10.6 Å². The maximum absolute atomic E-state index is 13.0. The lowest BCUT2D eigenvalue weighted by molar-refractivity contribution is -0.160. The molecule has 2 heterocycles. The normalized spacial score (nSPS) is 13.3. The lowest BCUT2D eigenvalue weighted by Crippen LogP contribution is -2.29. The van der Waals surface area contributed by atoms with Crippen LogP contribution < -0.4 is 4.31 Å². The Labute approximate surface area is 275 Å². The van der Waals surface area contributed by atoms with Gasteiger partial charge in [0, 0.05) is 28.5 Å². The largest absolute Gasteiger partial charge is 0.479 e. The molecule has 1 aliphatic rings. The van der Waals surface area contributed by atoms with E-state index in [4.69, 9.17) is 14.1 Å². The minimum absolute atomic E-state index is 0.594. The number of oxazole rings is 1. The zero-order valence-electron chi connectivity index (χ0n) is 27.7. The zero-order valence-corrected chi connectivity index (χ0v) is 28.5. The summed E-state index contributed by atoms with van der Waals surface area (Å²) in [6.07, 6.45) is 0.916. The predicted octanol–water partition coefficient (Wildman–Crippen LogP) is 10.1. The molecule has 0 saturated carbocycles. The molecule has 1 aliphatic heterocycles. The molecule has 6 rings (SSSR count). The number of aliphatic carboxylic acids is 1. The van der Waals surface area contributed by atoms with Crippen molar-refractivity contribution < 1.29 is 19.1 Å². The fourth-order valence-electron chi connectivity index (χ4n) is 6.50. The Morgan fingerprint density at radius 1 is 0.913 bits per heavy atom. The Hall–Kier alpha value is -4.33. The fraction of sp³-hybridized carbons (Fsp3) is 0.282. The maximum atomic E-state index is 13.0. The predicted molar refractivity (Wildman–Crippen MR) is 188 cm³/mol. The number of rotatable bonds is 7. The Morgan fingerprint density at radius 2 is 1.59 bits per heavy atom. The van der Waals surface area contributed by atoms with Crippen molar-refractivity contribution in [3.8, 4) is 45.0 Å². The molecule has 6 nitrogen and oxygen atoms in total. The zero-order chi connectivity index (χ0) is 32.9. The first-order valence-corrected chi connectivity index (χ1v) is 16.7. The second kappa shape index (κ2) is 12.1. The van der Waals surface area contributed by atoms with Crippen LogP contribution in [0.5, 0.6) is 0 Å². The molecule has 0 fully saturated rings. The van der Waals surface area contributed by atoms with Crippen LogP contribution in [0, 0.1) is 27.7 Å². The molecule has 0 bridgehead atoms. The number of ether oxygens (including phenoxy) is 1. The van der Waals surface area contributed by atoms with Gasteiger partial charge in [0.15, 0.2) is 11.9 Å². The number of nitrogens with zero attached hydrogens (tertiary/aromatic N) is 2. The van der Waals surface area contributed by atoms with Crippen molar-refractivity contribution in [2.24, 2.45) is 0 Å². The van der Waals surface area contributed by atoms with Crippen LogP contribution >= 0.6 is 11.9 Å². The summed E-state index contributed by atoms with van der Waals surface area (Å²) < 4.78 is 15.0. The number of carbonyl (C=O) groups is 1. The Morgan fingerprint density at radius 3 is 2.22 bits per heavy atom. The molecule has 1 aromatic heterocycles. The lowest BCUT2D eigenvalue weighted by atomic mass is 9.79. The van der Waals surface area contributed by atoms with E-state index in [0.29, 0.717) is 18.0 Å². The minimum Gasteiger partial charge on any atom is -0.479 e. The maximum Gasteiger partial charge on any atom is 0.337 e. The number of benzene rings is 4. The Balaban J connectivity index is 1.63. The van der Waals surface area contributed by atoms with Crippen LogP contribution in [-0.2, 0) is 16.1 Å². The third kappa shape index (κ3) is 5.74. The molecular formula is C39H40N2O4S. The molecule has 0 spiro atoms. The summed E-state index contributed by atoms with van der Waals surface area (Å²) in [6, 6.07) is 24.7. The van der Waals surface area contributed by atoms with Crippen LogP contribution in [0.2, 0.25) is 0 Å². The number of anilines is 1. The molecule has 46 heavy (non-hydrogen) atoms. The lowest BCUT2D eigenvalue weighted by Gasteiger charge is -2.37. The van der Waals surface area contributed by atoms with Crippen molar-refractivity contribution in [3.63, 3.8) is 0 Å². The topological polar surface area (TPSA) is 75.8 Å². The smallest absolute Gasteiger partial charge is 0.337 e. The van der Waals surface area contributed by atoms with Crippen LogP contribution in [0.15, 0.2) is 77.2 Å². The van der Waals surface area contributed by atoms with Gasteiger partial charge in [-0.3, -0.25) is 0 Å². The van der Waals surface area contributed by atoms with Crippen molar-refractivity contribution >= 4 is 23.6 Å². The van der Waals surface area contributed by atoms with E-state index in [1.807, 2.05) is 65.0 Å². The molecule has 0 radical (unpaired) electrons. The van der Waals surface area contributed by atoms with Crippen LogP contribution in [0.4, 0.5) is 5.69 Å². The van der Waals surface area contributed by atoms with Crippen molar-refractivity contribution in [1.29, 1.82) is 0 Å². The van der Waals surface area contributed by atoms with E-state index in [1.165, 1.54) is 5.56 Å². The van der Waals surface area contributed by atoms with Gasteiger partial charge in [-0.15, -0.1) is 0 Å². The second-order valence-electron chi connectivity index (χ2n) is 13.0. The first-order chi connectivity index (χ1) is 21.9. The number of aryl methyl sites for hydroxylation is 2. The number of fused-ring (bicyclic) bond motifs is 3. The van der Waals surface area contributed by atoms with Gasteiger partial charge in [-0.05, 0) is 100 Å². The molecular weight excluding hydrogens is 593 g/mol. The number of hydrogen-bond donors (Lipinski definition) is 1. The van der Waals surface area contributed by atoms with Crippen LogP contribution in [-0.4, -0.2) is 27.9 Å². The van der Waals surface area contributed by atoms with Crippen LogP contribution in [0.25, 0.3) is 45.0 Å². The third-order valence-electron chi connectivity index (χ3n) is 8.56. The van der Waals surface area contributed by atoms with Crippen molar-refractivity contribution in [3.05, 3.63) is 106 Å². The Kier molecular flexibility index (Phi) is 8.34. The van der Waals surface area contributed by atoms with E-state index in [9.17, 15) is 9.90 Å². The summed E-state index contributed by atoms with van der Waals surface area (Å²) in [6.45, 7) is 14.6. The van der Waals surface area contributed by atoms with Gasteiger partial charge in [0.1, 0.15) is 0 Å². The first kappa shape index (κ1) is 31.6. The van der Waals surface area contributed by atoms with Gasteiger partial charge in [-0.2, -0.15) is 0 Å². The quantitative estimate of drug-likeness (QED) is 0.179. The van der Waals surface area contributed by atoms with E-state index in [-0.39, 0.29) is 0 Å². The molecule has 0 saturated heterocycles. The van der Waals surface area contributed by atoms with Gasteiger partial charge in [-0.25, -0.2) is 9.78 Å². The van der Waals surface area contributed by atoms with Gasteiger partial charge >= 0.3 is 5.97 Å². The van der Waals surface area contributed by atoms with Crippen LogP contribution in [0.3, 0.4) is 0 Å². The molecule has 236 valence electrons. The van der Waals surface area contributed by atoms with Crippen LogP contribution in [0.1, 0.15) is 60.4 Å². The number of aromatic nitrogens is 1. The summed E-state index contributed by atoms with van der Waals surface area (Å²) in [5, 5.41) is 10.6. The van der Waals surface area contributed by atoms with E-state index in [2.05, 4.69) is 66.9 Å². The monoisotopic (exact) mass is 632 g/mol. The summed E-state index contributed by atoms with van der Waals surface area (Å²) in [4.78, 5) is 17.7. The second-order valence-corrected chi connectivity index (χ2v) is 13.8. The third-order valence-corrected chi connectivity index (χ3v) is 9.31. The van der Waals surface area contributed by atoms with E-state index >= 15 is 0 Å². The summed E-state index contributed by atoms with van der Waals surface area (Å²) in [5.41, 5.74) is 12.1. The standard InChI is InChI=1S/C39H40N2O4S/c1-22-14-16-26(17-15-22)31-23(2)32-30-20-28(35-25(4)40-37(44-35)27-12-10-9-11-13-27)18-19-29(30)21-41(46-8)34(32)24(3)33(31)36(38(42)43)45-39(5,6)7/h9-20,36H,21H2,1-8H3,(H,42,43)/t36-/m0/s1. The highest BCUT2D eigenvalue weighted by molar-refractivity contribution is 7.99. The highest BCUT2D eigenvalue weighted by atomic mass is 32.2. The van der Waals surface area contributed by atoms with E-state index in [1.54, 1.807) is 11.9 Å². The number of carboxylic acids is 1. The number of carboxylic acid groups (broad SMARTS) is 1. The molecule has 1 N–H and O–H groups in total. The molecule has 0 unspecified atom stereocenters. The SMILES string of the molecule is CSN1Cc2ccc(-c3oc(-c4ccccc4)nc3C)cc2-c2c(C)c(-c3ccc(C)cc3)c([C@H](OC(C)(C)C)C(=O)O)c(C)c21. The summed E-state index contributed by atoms with van der Waals surface area (Å²) >= 11 is 1.64. The molecule has 7 heteroatoms. The summed E-state index contributed by atoms with van der Waals surface area (Å²) in [7, 11) is 0. The average molecular weight is 633 g/mol. The van der Waals surface area contributed by atoms with Crippen molar-refractivity contribution in [1.82, 2.24) is 4.98 Å². The van der Waals surface area contributed by atoms with Gasteiger partial charge in [0.2, 0.25) is 5.89 Å². The first-order valence-electron chi connectivity index (χ1n) is 15.5. The van der Waals surface area contributed by atoms with Gasteiger partial charge in [0.05, 0.1) is 23.5 Å². The molecule has 5 aromatic rings. The average Bonchev–Trinajstić information content (AvgIpc) is 3.42. The van der Waals surface area contributed by atoms with Crippen molar-refractivity contribution in [2.45, 2.75) is 66.7 Å². The van der Waals surface area contributed by atoms with Gasteiger partial charge in [0.25, 0.3) is 0 Å². The molecule has 4 aromatic carbocycles. The minimum atomic E-state index is -1.15. The number of hydrogen-bond acceptors (Lipinski definition) is 6. The van der Waals surface area contributed by atoms with E-state index < -0.39 is 17.7 Å². The summed E-state index contributed by atoms with van der Waals surface area (Å²) in [5.74, 6) is 0.330.